The molecule has 1 aromatic carbocycles. The van der Waals surface area contributed by atoms with Gasteiger partial charge in [-0.15, -0.1) is 7.05 Å². The monoisotopic (exact) mass is 147 g/mol. The van der Waals surface area contributed by atoms with E-state index < -0.39 is 0 Å². The zero-order valence-corrected chi connectivity index (χ0v) is 6.85. The van der Waals surface area contributed by atoms with E-state index in [9.17, 15) is 0 Å². The maximum atomic E-state index is 4.04. The van der Waals surface area contributed by atoms with Gasteiger partial charge in [-0.05, 0) is 18.6 Å². The Kier molecular flexibility index (Phi) is 1.46. The Labute approximate surface area is 67.6 Å². The molecular weight excluding hydrogens is 134 g/mol. The van der Waals surface area contributed by atoms with E-state index in [4.69, 9.17) is 0 Å². The number of benzene rings is 1. The van der Waals surface area contributed by atoms with Gasteiger partial charge in [0.1, 0.15) is 5.69 Å². The molecule has 0 saturated carbocycles. The second-order valence-electron chi connectivity index (χ2n) is 3.26. The summed E-state index contributed by atoms with van der Waals surface area (Å²) in [5.74, 6) is 0. The van der Waals surface area contributed by atoms with Crippen molar-refractivity contribution < 1.29 is 4.90 Å². The first-order valence-electron chi connectivity index (χ1n) is 4.05. The van der Waals surface area contributed by atoms with Crippen LogP contribution in [0.1, 0.15) is 11.1 Å². The van der Waals surface area contributed by atoms with Crippen molar-refractivity contribution in [1.29, 1.82) is 0 Å². The molecule has 0 saturated heterocycles. The highest BCUT2D eigenvalue weighted by Crippen LogP contribution is 2.17. The summed E-state index contributed by atoms with van der Waals surface area (Å²) in [4.78, 5) is 1.31. The van der Waals surface area contributed by atoms with Crippen molar-refractivity contribution in [2.75, 3.05) is 6.54 Å². The molecule has 0 aliphatic carbocycles. The predicted molar refractivity (Wildman–Crippen MR) is 45.7 cm³/mol. The lowest BCUT2D eigenvalue weighted by Crippen LogP contribution is -3.00. The highest BCUT2D eigenvalue weighted by atomic mass is 15.1. The van der Waals surface area contributed by atoms with Crippen LogP contribution >= 0.6 is 0 Å². The quantitative estimate of drug-likeness (QED) is 0.519. The molecular formula is C10H13N. The van der Waals surface area contributed by atoms with E-state index in [-0.39, 0.29) is 0 Å². The van der Waals surface area contributed by atoms with Gasteiger partial charge < -0.3 is 4.90 Å². The molecule has 0 fully saturated rings. The number of hydrogen-bond donors (Lipinski definition) is 1. The Morgan fingerprint density at radius 1 is 1.45 bits per heavy atom. The van der Waals surface area contributed by atoms with Crippen molar-refractivity contribution in [1.82, 2.24) is 0 Å². The molecule has 2 rings (SSSR count). The normalized spacial score (nSPS) is 21.8. The smallest absolute Gasteiger partial charge is 0.108 e. The van der Waals surface area contributed by atoms with Gasteiger partial charge in [0.05, 0.1) is 6.54 Å². The van der Waals surface area contributed by atoms with Crippen molar-refractivity contribution in [3.05, 3.63) is 36.4 Å². The summed E-state index contributed by atoms with van der Waals surface area (Å²) in [7, 11) is 4.04. The minimum atomic E-state index is 1.15. The molecule has 1 heteroatoms. The van der Waals surface area contributed by atoms with Gasteiger partial charge in [0, 0.05) is 12.0 Å². The molecule has 11 heavy (non-hydrogen) atoms. The largest absolute Gasteiger partial charge is 0.434 e. The number of rotatable bonds is 0. The van der Waals surface area contributed by atoms with Crippen LogP contribution in [-0.4, -0.2) is 6.54 Å². The summed E-state index contributed by atoms with van der Waals surface area (Å²) < 4.78 is 0. The van der Waals surface area contributed by atoms with Crippen LogP contribution in [-0.2, 0) is 6.42 Å². The molecule has 1 aliphatic rings. The SMILES string of the molecule is [CH2-][NH+]1CCc2ccc(C)cc21. The Balaban J connectivity index is 2.52. The fourth-order valence-corrected chi connectivity index (χ4v) is 1.66. The molecule has 1 atom stereocenters. The van der Waals surface area contributed by atoms with Gasteiger partial charge in [-0.2, -0.15) is 0 Å². The first-order valence-corrected chi connectivity index (χ1v) is 4.05. The second-order valence-corrected chi connectivity index (χ2v) is 3.26. The average molecular weight is 147 g/mol. The molecule has 1 nitrogen and oxygen atoms in total. The molecule has 58 valence electrons. The molecule has 1 N–H and O–H groups in total. The van der Waals surface area contributed by atoms with Crippen LogP contribution < -0.4 is 4.90 Å². The van der Waals surface area contributed by atoms with Crippen molar-refractivity contribution in [3.8, 4) is 0 Å². The van der Waals surface area contributed by atoms with E-state index in [0.717, 1.165) is 6.54 Å². The Hall–Kier alpha value is -0.820. The van der Waals surface area contributed by atoms with E-state index in [1.54, 1.807) is 0 Å². The van der Waals surface area contributed by atoms with Gasteiger partial charge in [0.25, 0.3) is 0 Å². The van der Waals surface area contributed by atoms with Crippen molar-refractivity contribution >= 4 is 5.69 Å². The van der Waals surface area contributed by atoms with E-state index >= 15 is 0 Å². The van der Waals surface area contributed by atoms with Gasteiger partial charge in [-0.25, -0.2) is 0 Å². The van der Waals surface area contributed by atoms with Crippen LogP contribution in [0.2, 0.25) is 0 Å². The summed E-state index contributed by atoms with van der Waals surface area (Å²) in [6.07, 6.45) is 1.19. The summed E-state index contributed by atoms with van der Waals surface area (Å²) >= 11 is 0. The standard InChI is InChI=1S/C10H13N/c1-8-3-4-9-5-6-11(2)10(9)7-8/h3-4,7,11H,2,5-6H2,1H3. The summed E-state index contributed by atoms with van der Waals surface area (Å²) in [6, 6.07) is 6.64. The molecule has 0 spiro atoms. The van der Waals surface area contributed by atoms with E-state index in [1.807, 2.05) is 0 Å². The number of aryl methyl sites for hydroxylation is 1. The number of quaternary nitrogens is 1. The topological polar surface area (TPSA) is 4.44 Å². The maximum Gasteiger partial charge on any atom is 0.108 e. The van der Waals surface area contributed by atoms with Crippen LogP contribution in [0.25, 0.3) is 0 Å². The lowest BCUT2D eigenvalue weighted by atomic mass is 10.1. The molecule has 0 radical (unpaired) electrons. The van der Waals surface area contributed by atoms with Gasteiger partial charge in [-0.1, -0.05) is 12.1 Å². The Morgan fingerprint density at radius 2 is 2.27 bits per heavy atom. The van der Waals surface area contributed by atoms with Crippen molar-refractivity contribution in [2.45, 2.75) is 13.3 Å². The second kappa shape index (κ2) is 2.35. The summed E-state index contributed by atoms with van der Waals surface area (Å²) in [5, 5.41) is 0. The van der Waals surface area contributed by atoms with Crippen LogP contribution in [0.3, 0.4) is 0 Å². The Bertz CT molecular complexity index is 278. The van der Waals surface area contributed by atoms with Gasteiger partial charge in [-0.3, -0.25) is 0 Å². The fraction of sp³-hybridized carbons (Fsp3) is 0.300. The summed E-state index contributed by atoms with van der Waals surface area (Å²) in [6.45, 7) is 3.28. The highest BCUT2D eigenvalue weighted by Gasteiger charge is 2.16. The van der Waals surface area contributed by atoms with Gasteiger partial charge >= 0.3 is 0 Å². The molecule has 1 heterocycles. The Morgan fingerprint density at radius 3 is 3.09 bits per heavy atom. The lowest BCUT2D eigenvalue weighted by Gasteiger charge is -2.13. The zero-order chi connectivity index (χ0) is 7.84. The van der Waals surface area contributed by atoms with E-state index in [0.29, 0.717) is 0 Å². The van der Waals surface area contributed by atoms with E-state index in [2.05, 4.69) is 32.2 Å². The van der Waals surface area contributed by atoms with Crippen LogP contribution in [0, 0.1) is 14.0 Å². The van der Waals surface area contributed by atoms with E-state index in [1.165, 1.54) is 28.1 Å². The van der Waals surface area contributed by atoms with Crippen LogP contribution in [0.15, 0.2) is 18.2 Å². The lowest BCUT2D eigenvalue weighted by molar-refractivity contribution is -0.775. The van der Waals surface area contributed by atoms with Gasteiger partial charge in [0.15, 0.2) is 0 Å². The van der Waals surface area contributed by atoms with Crippen LogP contribution in [0.4, 0.5) is 5.69 Å². The minimum Gasteiger partial charge on any atom is -0.434 e. The summed E-state index contributed by atoms with van der Waals surface area (Å²) in [5.41, 5.74) is 4.21. The van der Waals surface area contributed by atoms with Crippen molar-refractivity contribution in [2.24, 2.45) is 0 Å². The molecule has 0 bridgehead atoms. The number of fused-ring (bicyclic) bond motifs is 1. The first-order chi connectivity index (χ1) is 5.27. The number of nitrogens with one attached hydrogen (secondary N) is 1. The highest BCUT2D eigenvalue weighted by molar-refractivity contribution is 5.44. The van der Waals surface area contributed by atoms with Crippen molar-refractivity contribution in [3.63, 3.8) is 0 Å². The first kappa shape index (κ1) is 6.86. The molecule has 0 amide bonds. The minimum absolute atomic E-state index is 1.15. The third kappa shape index (κ3) is 1.05. The molecule has 0 aromatic heterocycles. The number of hydrogen-bond acceptors (Lipinski definition) is 0. The predicted octanol–water partition coefficient (Wildman–Crippen LogP) is 0.859. The molecule has 1 aliphatic heterocycles. The zero-order valence-electron chi connectivity index (χ0n) is 6.85. The third-order valence-corrected chi connectivity index (χ3v) is 2.34. The van der Waals surface area contributed by atoms with Gasteiger partial charge in [0.2, 0.25) is 0 Å². The average Bonchev–Trinajstić information content (AvgIpc) is 2.33. The van der Waals surface area contributed by atoms with Crippen LogP contribution in [0.5, 0.6) is 0 Å². The molecule has 1 unspecified atom stereocenters. The third-order valence-electron chi connectivity index (χ3n) is 2.34. The molecule has 1 aromatic rings. The fourth-order valence-electron chi connectivity index (χ4n) is 1.66. The maximum absolute atomic E-state index is 4.04.